The van der Waals surface area contributed by atoms with Crippen LogP contribution in [0, 0.1) is 0 Å². The Balaban J connectivity index is 0.964. The molecule has 0 atom stereocenters. The molecule has 2 aliphatic rings. The summed E-state index contributed by atoms with van der Waals surface area (Å²) in [5.41, 5.74) is 22.5. The summed E-state index contributed by atoms with van der Waals surface area (Å²) in [4.78, 5) is 4.93. The molecule has 1 spiro atoms. The number of hydrogen-bond donors (Lipinski definition) is 0. The Bertz CT molecular complexity index is 4290. The van der Waals surface area contributed by atoms with E-state index in [0.717, 1.165) is 61.4 Å². The highest BCUT2D eigenvalue weighted by Gasteiger charge is 2.52. The molecule has 1 aliphatic carbocycles. The van der Waals surface area contributed by atoms with Crippen molar-refractivity contribution in [2.24, 2.45) is 0 Å². The van der Waals surface area contributed by atoms with Gasteiger partial charge in [0.1, 0.15) is 11.2 Å². The molecule has 13 aromatic rings. The molecule has 2 heterocycles. The highest BCUT2D eigenvalue weighted by molar-refractivity contribution is 6.07. The normalized spacial score (nSPS) is 12.9. The van der Waals surface area contributed by atoms with Crippen molar-refractivity contribution in [3.05, 3.63) is 301 Å². The van der Waals surface area contributed by atoms with Gasteiger partial charge in [-0.05, 0) is 145 Å². The van der Waals surface area contributed by atoms with E-state index in [0.29, 0.717) is 0 Å². The molecule has 346 valence electrons. The summed E-state index contributed by atoms with van der Waals surface area (Å²) in [5, 5.41) is 4.70. The summed E-state index contributed by atoms with van der Waals surface area (Å²) in [6.45, 7) is 0. The second kappa shape index (κ2) is 16.7. The zero-order valence-electron chi connectivity index (χ0n) is 40.4. The number of hydrogen-bond acceptors (Lipinski definition) is 3. The van der Waals surface area contributed by atoms with Gasteiger partial charge in [0, 0.05) is 33.4 Å². The Morgan fingerprint density at radius 3 is 1.64 bits per heavy atom. The van der Waals surface area contributed by atoms with Gasteiger partial charge >= 0.3 is 0 Å². The third-order valence-electron chi connectivity index (χ3n) is 15.7. The standard InChI is InChI=1S/C71H46N2O/c1-2-21-50(22-3-1)73-67-34-15-12-31-63(67)71(64-32-13-16-35-68(64)73)62-30-11-8-26-57(62)58-43-42-52(46-65(58)71)72(51-40-37-47(38-41-51)49-39-44-70-61(45-49)60-28-10-17-36-69(60)74-70)66-33-14-9-27-59(66)56-25-7-6-24-55(56)54-29-18-20-48-19-4-5-23-53(48)54/h1-46H. The number of furan rings is 1. The van der Waals surface area contributed by atoms with Crippen LogP contribution in [0.4, 0.5) is 34.1 Å². The average molecular weight is 943 g/mol. The Hall–Kier alpha value is -9.70. The molecule has 1 aliphatic heterocycles. The van der Waals surface area contributed by atoms with E-state index in [1.807, 2.05) is 12.1 Å². The molecule has 74 heavy (non-hydrogen) atoms. The SMILES string of the molecule is c1ccc(N2c3ccccc3C3(c4ccccc4-c4ccc(N(c5ccc(-c6ccc7oc8ccccc8c7c6)cc5)c5ccccc5-c5ccccc5-c5cccc6ccccc56)cc43)c3ccccc32)cc1. The fraction of sp³-hybridized carbons (Fsp3) is 0.0141. The Labute approximate surface area is 430 Å². The lowest BCUT2D eigenvalue weighted by Gasteiger charge is -2.45. The maximum Gasteiger partial charge on any atom is 0.135 e. The summed E-state index contributed by atoms with van der Waals surface area (Å²) in [6, 6.07) is 102. The lowest BCUT2D eigenvalue weighted by molar-refractivity contribution is 0.669. The van der Waals surface area contributed by atoms with Crippen molar-refractivity contribution in [2.45, 2.75) is 5.41 Å². The van der Waals surface area contributed by atoms with Crippen molar-refractivity contribution in [1.29, 1.82) is 0 Å². The Morgan fingerprint density at radius 2 is 0.851 bits per heavy atom. The van der Waals surface area contributed by atoms with Crippen molar-refractivity contribution in [2.75, 3.05) is 9.80 Å². The smallest absolute Gasteiger partial charge is 0.135 e. The van der Waals surface area contributed by atoms with E-state index in [2.05, 4.69) is 277 Å². The van der Waals surface area contributed by atoms with E-state index in [9.17, 15) is 0 Å². The predicted octanol–water partition coefficient (Wildman–Crippen LogP) is 19.4. The van der Waals surface area contributed by atoms with E-state index in [1.165, 1.54) is 72.2 Å². The molecule has 0 fully saturated rings. The van der Waals surface area contributed by atoms with Crippen LogP contribution in [0.3, 0.4) is 0 Å². The van der Waals surface area contributed by atoms with E-state index in [1.54, 1.807) is 0 Å². The van der Waals surface area contributed by atoms with Crippen LogP contribution in [0.1, 0.15) is 22.3 Å². The second-order valence-corrected chi connectivity index (χ2v) is 19.5. The van der Waals surface area contributed by atoms with Gasteiger partial charge < -0.3 is 14.2 Å². The minimum absolute atomic E-state index is 0.619. The van der Waals surface area contributed by atoms with Gasteiger partial charge in [0.05, 0.1) is 22.5 Å². The Morgan fingerprint density at radius 1 is 0.311 bits per heavy atom. The fourth-order valence-electron chi connectivity index (χ4n) is 12.5. The number of para-hydroxylation sites is 5. The van der Waals surface area contributed by atoms with E-state index in [-0.39, 0.29) is 0 Å². The first-order chi connectivity index (χ1) is 36.7. The minimum atomic E-state index is -0.619. The number of nitrogens with zero attached hydrogens (tertiary/aromatic N) is 2. The molecular weight excluding hydrogens is 897 g/mol. The molecule has 0 amide bonds. The van der Waals surface area contributed by atoms with Crippen LogP contribution in [-0.4, -0.2) is 0 Å². The summed E-state index contributed by atoms with van der Waals surface area (Å²) in [7, 11) is 0. The molecule has 0 bridgehead atoms. The zero-order chi connectivity index (χ0) is 48.7. The molecule has 0 N–H and O–H groups in total. The summed E-state index contributed by atoms with van der Waals surface area (Å²) < 4.78 is 6.25. The quantitative estimate of drug-likeness (QED) is 0.159. The molecule has 3 heteroatoms. The van der Waals surface area contributed by atoms with Gasteiger partial charge in [0.25, 0.3) is 0 Å². The van der Waals surface area contributed by atoms with E-state index < -0.39 is 5.41 Å². The number of rotatable bonds is 7. The topological polar surface area (TPSA) is 19.6 Å². The third kappa shape index (κ3) is 6.27. The van der Waals surface area contributed by atoms with Gasteiger partial charge in [-0.3, -0.25) is 0 Å². The molecule has 0 radical (unpaired) electrons. The molecule has 0 unspecified atom stereocenters. The van der Waals surface area contributed by atoms with Crippen LogP contribution < -0.4 is 9.80 Å². The molecule has 1 aromatic heterocycles. The van der Waals surface area contributed by atoms with Gasteiger partial charge in [-0.2, -0.15) is 0 Å². The lowest BCUT2D eigenvalue weighted by Crippen LogP contribution is -2.36. The van der Waals surface area contributed by atoms with Crippen LogP contribution in [-0.2, 0) is 5.41 Å². The molecular formula is C71H46N2O. The van der Waals surface area contributed by atoms with Crippen molar-refractivity contribution in [3.63, 3.8) is 0 Å². The maximum atomic E-state index is 6.25. The lowest BCUT2D eigenvalue weighted by atomic mass is 9.64. The minimum Gasteiger partial charge on any atom is -0.456 e. The molecule has 15 rings (SSSR count). The van der Waals surface area contributed by atoms with Gasteiger partial charge in [0.2, 0.25) is 0 Å². The predicted molar refractivity (Wildman–Crippen MR) is 308 cm³/mol. The van der Waals surface area contributed by atoms with Gasteiger partial charge in [0.15, 0.2) is 0 Å². The number of benzene rings is 12. The Kier molecular flexibility index (Phi) is 9.48. The molecule has 3 nitrogen and oxygen atoms in total. The highest BCUT2D eigenvalue weighted by Crippen LogP contribution is 2.64. The van der Waals surface area contributed by atoms with Crippen molar-refractivity contribution in [3.8, 4) is 44.5 Å². The summed E-state index contributed by atoms with van der Waals surface area (Å²) >= 11 is 0. The van der Waals surface area contributed by atoms with Crippen LogP contribution in [0.15, 0.2) is 283 Å². The second-order valence-electron chi connectivity index (χ2n) is 19.5. The van der Waals surface area contributed by atoms with Gasteiger partial charge in [-0.1, -0.05) is 206 Å². The zero-order valence-corrected chi connectivity index (χ0v) is 40.4. The van der Waals surface area contributed by atoms with Crippen molar-refractivity contribution >= 4 is 66.8 Å². The third-order valence-corrected chi connectivity index (χ3v) is 15.7. The molecule has 0 saturated carbocycles. The van der Waals surface area contributed by atoms with E-state index >= 15 is 0 Å². The summed E-state index contributed by atoms with van der Waals surface area (Å²) in [5.74, 6) is 0. The fourth-order valence-corrected chi connectivity index (χ4v) is 12.5. The number of fused-ring (bicyclic) bond motifs is 13. The monoisotopic (exact) mass is 942 g/mol. The first kappa shape index (κ1) is 42.0. The van der Waals surface area contributed by atoms with E-state index in [4.69, 9.17) is 4.42 Å². The van der Waals surface area contributed by atoms with Gasteiger partial charge in [-0.25, -0.2) is 0 Å². The first-order valence-corrected chi connectivity index (χ1v) is 25.5. The first-order valence-electron chi connectivity index (χ1n) is 25.5. The van der Waals surface area contributed by atoms with Crippen LogP contribution in [0.25, 0.3) is 77.2 Å². The van der Waals surface area contributed by atoms with Crippen molar-refractivity contribution < 1.29 is 4.42 Å². The van der Waals surface area contributed by atoms with Crippen LogP contribution in [0.2, 0.25) is 0 Å². The molecule has 0 saturated heterocycles. The number of anilines is 6. The van der Waals surface area contributed by atoms with Gasteiger partial charge in [-0.15, -0.1) is 0 Å². The van der Waals surface area contributed by atoms with Crippen molar-refractivity contribution in [1.82, 2.24) is 0 Å². The molecule has 12 aromatic carbocycles. The van der Waals surface area contributed by atoms with Crippen LogP contribution in [0.5, 0.6) is 0 Å². The summed E-state index contributed by atoms with van der Waals surface area (Å²) in [6.07, 6.45) is 0. The highest BCUT2D eigenvalue weighted by atomic mass is 16.3. The maximum absolute atomic E-state index is 6.25. The van der Waals surface area contributed by atoms with Crippen LogP contribution >= 0.6 is 0 Å². The largest absolute Gasteiger partial charge is 0.456 e. The average Bonchev–Trinajstić information content (AvgIpc) is 4.00.